The van der Waals surface area contributed by atoms with Crippen LogP contribution in [-0.4, -0.2) is 44.4 Å². The van der Waals surface area contributed by atoms with E-state index in [4.69, 9.17) is 27.9 Å². The van der Waals surface area contributed by atoms with Crippen molar-refractivity contribution in [1.29, 1.82) is 0 Å². The summed E-state index contributed by atoms with van der Waals surface area (Å²) < 4.78 is 32.4. The van der Waals surface area contributed by atoms with Gasteiger partial charge >= 0.3 is 0 Å². The van der Waals surface area contributed by atoms with Gasteiger partial charge in [0, 0.05) is 24.7 Å². The molecule has 144 valence electrons. The quantitative estimate of drug-likeness (QED) is 0.793. The molecule has 6 nitrogen and oxygen atoms in total. The predicted molar refractivity (Wildman–Crippen MR) is 103 cm³/mol. The van der Waals surface area contributed by atoms with Gasteiger partial charge in [0.25, 0.3) is 5.91 Å². The van der Waals surface area contributed by atoms with Gasteiger partial charge in [0.1, 0.15) is 11.0 Å². The van der Waals surface area contributed by atoms with Gasteiger partial charge < -0.3 is 10.1 Å². The average molecular weight is 429 g/mol. The summed E-state index contributed by atoms with van der Waals surface area (Å²) in [4.78, 5) is 12.4. The molecular formula is C18H18Cl2N2O4S. The minimum absolute atomic E-state index is 0.0221. The Balaban J connectivity index is 1.65. The third-order valence-corrected chi connectivity index (χ3v) is 6.77. The molecule has 1 amide bonds. The fourth-order valence-corrected chi connectivity index (χ4v) is 4.74. The number of nitrogens with zero attached hydrogens (tertiary/aromatic N) is 1. The van der Waals surface area contributed by atoms with Crippen molar-refractivity contribution in [3.63, 3.8) is 0 Å². The molecule has 0 bridgehead atoms. The Morgan fingerprint density at radius 2 is 1.85 bits per heavy atom. The SMILES string of the molecule is O=C(NCc1ccc(Cl)cc1)C1CN(S(=O)(=O)c2ccccc2Cl)CCO1. The van der Waals surface area contributed by atoms with Crippen LogP contribution in [-0.2, 0) is 26.1 Å². The van der Waals surface area contributed by atoms with Crippen LogP contribution in [0, 0.1) is 0 Å². The molecule has 3 rings (SSSR count). The fourth-order valence-electron chi connectivity index (χ4n) is 2.70. The summed E-state index contributed by atoms with van der Waals surface area (Å²) in [5.74, 6) is -0.371. The highest BCUT2D eigenvalue weighted by Crippen LogP contribution is 2.25. The van der Waals surface area contributed by atoms with Crippen LogP contribution in [0.4, 0.5) is 0 Å². The molecule has 27 heavy (non-hydrogen) atoms. The van der Waals surface area contributed by atoms with E-state index in [9.17, 15) is 13.2 Å². The molecule has 0 aliphatic carbocycles. The lowest BCUT2D eigenvalue weighted by Gasteiger charge is -2.31. The van der Waals surface area contributed by atoms with E-state index in [1.807, 2.05) is 0 Å². The Morgan fingerprint density at radius 1 is 1.15 bits per heavy atom. The maximum absolute atomic E-state index is 12.8. The van der Waals surface area contributed by atoms with Crippen LogP contribution in [0.2, 0.25) is 10.0 Å². The van der Waals surface area contributed by atoms with Crippen LogP contribution >= 0.6 is 23.2 Å². The number of carbonyl (C=O) groups is 1. The number of morpholine rings is 1. The molecule has 2 aromatic rings. The predicted octanol–water partition coefficient (Wildman–Crippen LogP) is 2.70. The Kier molecular flexibility index (Phi) is 6.39. The first kappa shape index (κ1) is 20.1. The number of ether oxygens (including phenoxy) is 1. The monoisotopic (exact) mass is 428 g/mol. The second-order valence-corrected chi connectivity index (χ2v) is 8.75. The third kappa shape index (κ3) is 4.80. The molecule has 1 aliphatic rings. The van der Waals surface area contributed by atoms with E-state index in [1.165, 1.54) is 16.4 Å². The summed E-state index contributed by atoms with van der Waals surface area (Å²) in [6, 6.07) is 13.3. The van der Waals surface area contributed by atoms with Crippen LogP contribution in [0.15, 0.2) is 53.4 Å². The Bertz CT molecular complexity index is 919. The van der Waals surface area contributed by atoms with Crippen molar-refractivity contribution in [3.05, 3.63) is 64.1 Å². The van der Waals surface area contributed by atoms with Crippen molar-refractivity contribution >= 4 is 39.1 Å². The highest BCUT2D eigenvalue weighted by atomic mass is 35.5. The van der Waals surface area contributed by atoms with E-state index >= 15 is 0 Å². The number of nitrogens with one attached hydrogen (secondary N) is 1. The number of carbonyl (C=O) groups excluding carboxylic acids is 1. The van der Waals surface area contributed by atoms with Gasteiger partial charge in [-0.15, -0.1) is 0 Å². The number of amides is 1. The molecule has 2 aromatic carbocycles. The molecule has 0 radical (unpaired) electrons. The maximum atomic E-state index is 12.8. The molecule has 1 aliphatic heterocycles. The normalized spacial score (nSPS) is 18.2. The summed E-state index contributed by atoms with van der Waals surface area (Å²) in [5, 5.41) is 3.51. The number of halogens is 2. The van der Waals surface area contributed by atoms with Gasteiger partial charge in [-0.2, -0.15) is 4.31 Å². The number of hydrogen-bond donors (Lipinski definition) is 1. The van der Waals surface area contributed by atoms with E-state index in [0.29, 0.717) is 11.6 Å². The second kappa shape index (κ2) is 8.58. The van der Waals surface area contributed by atoms with E-state index in [1.54, 1.807) is 36.4 Å². The molecule has 1 unspecified atom stereocenters. The molecule has 9 heteroatoms. The first-order valence-electron chi connectivity index (χ1n) is 8.26. The first-order valence-corrected chi connectivity index (χ1v) is 10.5. The zero-order chi connectivity index (χ0) is 19.4. The summed E-state index contributed by atoms with van der Waals surface area (Å²) in [7, 11) is -3.80. The molecule has 0 aromatic heterocycles. The number of hydrogen-bond acceptors (Lipinski definition) is 4. The largest absolute Gasteiger partial charge is 0.366 e. The number of sulfonamides is 1. The molecule has 1 N–H and O–H groups in total. The third-order valence-electron chi connectivity index (χ3n) is 4.16. The van der Waals surface area contributed by atoms with Crippen LogP contribution in [0.5, 0.6) is 0 Å². The zero-order valence-corrected chi connectivity index (χ0v) is 16.6. The van der Waals surface area contributed by atoms with Gasteiger partial charge in [0.05, 0.1) is 11.6 Å². The van der Waals surface area contributed by atoms with Crippen molar-refractivity contribution in [2.45, 2.75) is 17.5 Å². The molecule has 1 saturated heterocycles. The summed E-state index contributed by atoms with van der Waals surface area (Å²) >= 11 is 11.9. The van der Waals surface area contributed by atoms with E-state index in [0.717, 1.165) is 5.56 Å². The average Bonchev–Trinajstić information content (AvgIpc) is 2.67. The highest BCUT2D eigenvalue weighted by Gasteiger charge is 2.34. The molecule has 1 atom stereocenters. The smallest absolute Gasteiger partial charge is 0.250 e. The van der Waals surface area contributed by atoms with E-state index in [2.05, 4.69) is 5.32 Å². The van der Waals surface area contributed by atoms with Crippen LogP contribution in [0.1, 0.15) is 5.56 Å². The van der Waals surface area contributed by atoms with Crippen molar-refractivity contribution in [3.8, 4) is 0 Å². The minimum Gasteiger partial charge on any atom is -0.366 e. The summed E-state index contributed by atoms with van der Waals surface area (Å²) in [6.45, 7) is 0.518. The lowest BCUT2D eigenvalue weighted by Crippen LogP contribution is -2.51. The number of benzene rings is 2. The Morgan fingerprint density at radius 3 is 2.56 bits per heavy atom. The van der Waals surface area contributed by atoms with Gasteiger partial charge in [-0.1, -0.05) is 47.5 Å². The van der Waals surface area contributed by atoms with Crippen LogP contribution < -0.4 is 5.32 Å². The molecular weight excluding hydrogens is 411 g/mol. The molecule has 1 heterocycles. The lowest BCUT2D eigenvalue weighted by molar-refractivity contribution is -0.136. The standard InChI is InChI=1S/C18H18Cl2N2O4S/c19-14-7-5-13(6-8-14)11-21-18(23)16-12-22(9-10-26-16)27(24,25)17-4-2-1-3-15(17)20/h1-8,16H,9-12H2,(H,21,23). The fraction of sp³-hybridized carbons (Fsp3) is 0.278. The maximum Gasteiger partial charge on any atom is 0.250 e. The highest BCUT2D eigenvalue weighted by molar-refractivity contribution is 7.89. The van der Waals surface area contributed by atoms with Crippen molar-refractivity contribution in [2.24, 2.45) is 0 Å². The molecule has 0 spiro atoms. The topological polar surface area (TPSA) is 75.7 Å². The summed E-state index contributed by atoms with van der Waals surface area (Å²) in [6.07, 6.45) is -0.886. The van der Waals surface area contributed by atoms with Crippen molar-refractivity contribution in [2.75, 3.05) is 19.7 Å². The lowest BCUT2D eigenvalue weighted by atomic mass is 10.2. The molecule has 0 saturated carbocycles. The second-order valence-electron chi connectivity index (χ2n) is 6.00. The Labute approximate surface area is 168 Å². The summed E-state index contributed by atoms with van der Waals surface area (Å²) in [5.41, 5.74) is 0.879. The van der Waals surface area contributed by atoms with Gasteiger partial charge in [0.2, 0.25) is 10.0 Å². The molecule has 1 fully saturated rings. The van der Waals surface area contributed by atoms with E-state index in [-0.39, 0.29) is 35.5 Å². The van der Waals surface area contributed by atoms with Gasteiger partial charge in [-0.05, 0) is 29.8 Å². The van der Waals surface area contributed by atoms with Gasteiger partial charge in [-0.3, -0.25) is 4.79 Å². The van der Waals surface area contributed by atoms with Crippen molar-refractivity contribution < 1.29 is 17.9 Å². The number of rotatable bonds is 5. The van der Waals surface area contributed by atoms with Gasteiger partial charge in [-0.25, -0.2) is 8.42 Å². The van der Waals surface area contributed by atoms with Crippen LogP contribution in [0.25, 0.3) is 0 Å². The first-order chi connectivity index (χ1) is 12.9. The van der Waals surface area contributed by atoms with Crippen LogP contribution in [0.3, 0.4) is 0 Å². The van der Waals surface area contributed by atoms with Crippen molar-refractivity contribution in [1.82, 2.24) is 9.62 Å². The minimum atomic E-state index is -3.80. The van der Waals surface area contributed by atoms with E-state index < -0.39 is 16.1 Å². The zero-order valence-electron chi connectivity index (χ0n) is 14.3. The Hall–Kier alpha value is -1.64. The van der Waals surface area contributed by atoms with Gasteiger partial charge in [0.15, 0.2) is 0 Å².